The van der Waals surface area contributed by atoms with E-state index < -0.39 is 0 Å². The number of hydrogen-bond donors (Lipinski definition) is 1. The fraction of sp³-hybridized carbons (Fsp3) is 0.583. The van der Waals surface area contributed by atoms with Crippen LogP contribution in [0.25, 0.3) is 0 Å². The Balaban J connectivity index is 2.55. The molecular weight excluding hydrogens is 236 g/mol. The first kappa shape index (κ1) is 14.1. The predicted molar refractivity (Wildman–Crippen MR) is 71.1 cm³/mol. The lowest BCUT2D eigenvalue weighted by atomic mass is 10.3. The van der Waals surface area contributed by atoms with Crippen LogP contribution in [-0.2, 0) is 11.3 Å². The van der Waals surface area contributed by atoms with E-state index in [4.69, 9.17) is 4.42 Å². The Bertz CT molecular complexity index is 325. The molecule has 0 bridgehead atoms. The average molecular weight is 256 g/mol. The molecule has 0 aliphatic carbocycles. The van der Waals surface area contributed by atoms with Crippen LogP contribution in [0.2, 0.25) is 0 Å². The molecule has 0 saturated carbocycles. The van der Waals surface area contributed by atoms with Crippen molar-refractivity contribution in [2.75, 3.05) is 32.9 Å². The number of thiol groups is 1. The summed E-state index contributed by atoms with van der Waals surface area (Å²) in [5.74, 6) is 1.52. The zero-order valence-corrected chi connectivity index (χ0v) is 11.3. The minimum atomic E-state index is 0.123. The second kappa shape index (κ2) is 7.40. The highest BCUT2D eigenvalue weighted by atomic mass is 32.1. The van der Waals surface area contributed by atoms with E-state index in [2.05, 4.69) is 17.5 Å². The largest absolute Gasteiger partial charge is 0.467 e. The fourth-order valence-corrected chi connectivity index (χ4v) is 1.65. The molecule has 0 aliphatic heterocycles. The highest BCUT2D eigenvalue weighted by molar-refractivity contribution is 7.80. The molecule has 17 heavy (non-hydrogen) atoms. The van der Waals surface area contributed by atoms with Crippen LogP contribution in [0.15, 0.2) is 22.8 Å². The van der Waals surface area contributed by atoms with Crippen molar-refractivity contribution in [1.29, 1.82) is 0 Å². The first-order chi connectivity index (χ1) is 8.13. The van der Waals surface area contributed by atoms with Crippen LogP contribution in [0.5, 0.6) is 0 Å². The third kappa shape index (κ3) is 5.28. The lowest BCUT2D eigenvalue weighted by Gasteiger charge is -2.23. The molecule has 0 N–H and O–H groups in total. The third-order valence-electron chi connectivity index (χ3n) is 2.42. The summed E-state index contributed by atoms with van der Waals surface area (Å²) in [5, 5.41) is 0. The molecule has 0 aliphatic rings. The number of amides is 1. The zero-order chi connectivity index (χ0) is 12.7. The first-order valence-electron chi connectivity index (χ1n) is 5.69. The Morgan fingerprint density at radius 1 is 1.41 bits per heavy atom. The molecule has 4 nitrogen and oxygen atoms in total. The van der Waals surface area contributed by atoms with Crippen LogP contribution < -0.4 is 0 Å². The molecule has 1 aromatic heterocycles. The van der Waals surface area contributed by atoms with Crippen molar-refractivity contribution in [3.63, 3.8) is 0 Å². The van der Waals surface area contributed by atoms with Crippen LogP contribution in [-0.4, -0.2) is 48.6 Å². The highest BCUT2D eigenvalue weighted by Gasteiger charge is 2.14. The van der Waals surface area contributed by atoms with Gasteiger partial charge in [-0.25, -0.2) is 0 Å². The van der Waals surface area contributed by atoms with Crippen molar-refractivity contribution >= 4 is 18.5 Å². The molecule has 96 valence electrons. The Morgan fingerprint density at radius 2 is 2.18 bits per heavy atom. The van der Waals surface area contributed by atoms with E-state index in [1.807, 2.05) is 31.1 Å². The second-order valence-corrected chi connectivity index (χ2v) is 4.62. The molecule has 5 heteroatoms. The molecule has 0 unspecified atom stereocenters. The van der Waals surface area contributed by atoms with Crippen LogP contribution in [0, 0.1) is 0 Å². The van der Waals surface area contributed by atoms with Gasteiger partial charge in [0.15, 0.2) is 0 Å². The molecule has 0 aromatic carbocycles. The number of nitrogens with zero attached hydrogens (tertiary/aromatic N) is 2. The van der Waals surface area contributed by atoms with Crippen molar-refractivity contribution < 1.29 is 9.21 Å². The summed E-state index contributed by atoms with van der Waals surface area (Å²) >= 11 is 4.10. The molecule has 1 heterocycles. The van der Waals surface area contributed by atoms with Gasteiger partial charge in [-0.2, -0.15) is 12.6 Å². The van der Waals surface area contributed by atoms with Gasteiger partial charge in [0.2, 0.25) is 5.91 Å². The van der Waals surface area contributed by atoms with Crippen molar-refractivity contribution in [2.45, 2.75) is 13.0 Å². The molecule has 0 spiro atoms. The lowest BCUT2D eigenvalue weighted by Crippen LogP contribution is -2.36. The number of furan rings is 1. The number of carbonyl (C=O) groups is 1. The van der Waals surface area contributed by atoms with Crippen molar-refractivity contribution in [3.05, 3.63) is 24.2 Å². The Labute approximate surface area is 108 Å². The van der Waals surface area contributed by atoms with Gasteiger partial charge in [-0.15, -0.1) is 0 Å². The maximum Gasteiger partial charge on any atom is 0.223 e. The van der Waals surface area contributed by atoms with Gasteiger partial charge in [0.1, 0.15) is 5.76 Å². The minimum Gasteiger partial charge on any atom is -0.467 e. The topological polar surface area (TPSA) is 36.7 Å². The quantitative estimate of drug-likeness (QED) is 0.751. The van der Waals surface area contributed by atoms with E-state index in [9.17, 15) is 4.79 Å². The molecule has 0 fully saturated rings. The van der Waals surface area contributed by atoms with Crippen LogP contribution >= 0.6 is 12.6 Å². The van der Waals surface area contributed by atoms with E-state index in [1.165, 1.54) is 0 Å². The summed E-state index contributed by atoms with van der Waals surface area (Å²) in [7, 11) is 3.99. The zero-order valence-electron chi connectivity index (χ0n) is 10.4. The van der Waals surface area contributed by atoms with E-state index in [-0.39, 0.29) is 5.91 Å². The predicted octanol–water partition coefficient (Wildman–Crippen LogP) is 1.49. The van der Waals surface area contributed by atoms with Gasteiger partial charge in [-0.05, 0) is 32.0 Å². The van der Waals surface area contributed by atoms with Gasteiger partial charge < -0.3 is 14.2 Å². The summed E-state index contributed by atoms with van der Waals surface area (Å²) in [6, 6.07) is 3.72. The number of likely N-dealkylation sites (N-methyl/N-ethyl adjacent to an activating group) is 1. The number of hydrogen-bond acceptors (Lipinski definition) is 4. The average Bonchev–Trinajstić information content (AvgIpc) is 2.76. The molecule has 0 atom stereocenters. The van der Waals surface area contributed by atoms with Crippen molar-refractivity contribution in [3.8, 4) is 0 Å². The van der Waals surface area contributed by atoms with Gasteiger partial charge in [0.05, 0.1) is 12.8 Å². The Morgan fingerprint density at radius 3 is 2.71 bits per heavy atom. The summed E-state index contributed by atoms with van der Waals surface area (Å²) in [4.78, 5) is 15.8. The van der Waals surface area contributed by atoms with Crippen molar-refractivity contribution in [2.24, 2.45) is 0 Å². The summed E-state index contributed by atoms with van der Waals surface area (Å²) in [6.07, 6.45) is 2.10. The third-order valence-corrected chi connectivity index (χ3v) is 2.65. The SMILES string of the molecule is CN(C)CCN(Cc1ccco1)C(=O)CCS. The standard InChI is InChI=1S/C12H20N2O2S/c1-13(2)6-7-14(12(15)5-9-17)10-11-4-3-8-16-11/h3-4,8,17H,5-7,9-10H2,1-2H3. The molecular formula is C12H20N2O2S. The van der Waals surface area contributed by atoms with Crippen LogP contribution in [0.3, 0.4) is 0 Å². The molecule has 0 radical (unpaired) electrons. The van der Waals surface area contributed by atoms with Crippen molar-refractivity contribution in [1.82, 2.24) is 9.80 Å². The fourth-order valence-electron chi connectivity index (χ4n) is 1.46. The maximum atomic E-state index is 11.9. The van der Waals surface area contributed by atoms with Gasteiger partial charge in [-0.3, -0.25) is 4.79 Å². The van der Waals surface area contributed by atoms with E-state index in [0.717, 1.165) is 12.3 Å². The van der Waals surface area contributed by atoms with Crippen LogP contribution in [0.4, 0.5) is 0 Å². The normalized spacial score (nSPS) is 10.8. The lowest BCUT2D eigenvalue weighted by molar-refractivity contribution is -0.131. The molecule has 0 saturated heterocycles. The summed E-state index contributed by atoms with van der Waals surface area (Å²) < 4.78 is 5.27. The van der Waals surface area contributed by atoms with E-state index in [1.54, 1.807) is 6.26 Å². The number of rotatable bonds is 7. The van der Waals surface area contributed by atoms with Crippen LogP contribution in [0.1, 0.15) is 12.2 Å². The Kier molecular flexibility index (Phi) is 6.15. The highest BCUT2D eigenvalue weighted by Crippen LogP contribution is 2.07. The summed E-state index contributed by atoms with van der Waals surface area (Å²) in [6.45, 7) is 2.09. The van der Waals surface area contributed by atoms with Gasteiger partial charge in [-0.1, -0.05) is 0 Å². The number of carbonyl (C=O) groups excluding carboxylic acids is 1. The van der Waals surface area contributed by atoms with E-state index >= 15 is 0 Å². The summed E-state index contributed by atoms with van der Waals surface area (Å²) in [5.41, 5.74) is 0. The monoisotopic (exact) mass is 256 g/mol. The van der Waals surface area contributed by atoms with E-state index in [0.29, 0.717) is 25.3 Å². The smallest absolute Gasteiger partial charge is 0.223 e. The Hall–Kier alpha value is -0.940. The molecule has 1 rings (SSSR count). The van der Waals surface area contributed by atoms with Gasteiger partial charge >= 0.3 is 0 Å². The minimum absolute atomic E-state index is 0.123. The maximum absolute atomic E-state index is 11.9. The first-order valence-corrected chi connectivity index (χ1v) is 6.32. The molecule has 1 aromatic rings. The molecule has 1 amide bonds. The van der Waals surface area contributed by atoms with Gasteiger partial charge in [0.25, 0.3) is 0 Å². The van der Waals surface area contributed by atoms with Gasteiger partial charge in [0, 0.05) is 19.5 Å². The second-order valence-electron chi connectivity index (χ2n) is 4.17.